The summed E-state index contributed by atoms with van der Waals surface area (Å²) >= 11 is 5.71. The Morgan fingerprint density at radius 1 is 1.50 bits per heavy atom. The molecule has 0 aliphatic rings. The van der Waals surface area contributed by atoms with E-state index in [2.05, 4.69) is 29.4 Å². The maximum absolute atomic E-state index is 5.71. The quantitative estimate of drug-likeness (QED) is 0.782. The highest BCUT2D eigenvalue weighted by Gasteiger charge is 2.16. The monoisotopic (exact) mass is 213 g/mol. The molecule has 0 spiro atoms. The smallest absolute Gasteiger partial charge is 0.149 e. The van der Waals surface area contributed by atoms with E-state index < -0.39 is 0 Å². The minimum absolute atomic E-state index is 0.0375. The van der Waals surface area contributed by atoms with Gasteiger partial charge < -0.3 is 5.32 Å². The van der Waals surface area contributed by atoms with E-state index in [0.717, 1.165) is 17.8 Å². The van der Waals surface area contributed by atoms with Crippen molar-refractivity contribution in [3.05, 3.63) is 17.8 Å². The van der Waals surface area contributed by atoms with Gasteiger partial charge in [0.2, 0.25) is 0 Å². The van der Waals surface area contributed by atoms with Gasteiger partial charge >= 0.3 is 0 Å². The topological polar surface area (TPSA) is 37.8 Å². The van der Waals surface area contributed by atoms with Crippen molar-refractivity contribution in [1.82, 2.24) is 10.2 Å². The van der Waals surface area contributed by atoms with E-state index in [1.165, 1.54) is 0 Å². The minimum atomic E-state index is -0.0375. The third-order valence-corrected chi connectivity index (χ3v) is 2.17. The Morgan fingerprint density at radius 3 is 2.79 bits per heavy atom. The SMILES string of the molecule is Cc1cnnc(NC(C)(C)CCCl)c1. The van der Waals surface area contributed by atoms with Crippen molar-refractivity contribution in [2.75, 3.05) is 11.2 Å². The lowest BCUT2D eigenvalue weighted by molar-refractivity contribution is 0.547. The number of aromatic nitrogens is 2. The molecule has 3 nitrogen and oxygen atoms in total. The fourth-order valence-corrected chi connectivity index (χ4v) is 1.64. The van der Waals surface area contributed by atoms with E-state index in [1.54, 1.807) is 6.20 Å². The summed E-state index contributed by atoms with van der Waals surface area (Å²) in [6.07, 6.45) is 2.63. The van der Waals surface area contributed by atoms with E-state index in [9.17, 15) is 0 Å². The van der Waals surface area contributed by atoms with Gasteiger partial charge in [-0.05, 0) is 38.8 Å². The van der Waals surface area contributed by atoms with Crippen LogP contribution in [0, 0.1) is 6.92 Å². The van der Waals surface area contributed by atoms with E-state index in [-0.39, 0.29) is 5.54 Å². The van der Waals surface area contributed by atoms with Crippen LogP contribution in [0.15, 0.2) is 12.3 Å². The first-order valence-electron chi connectivity index (χ1n) is 4.67. The summed E-state index contributed by atoms with van der Waals surface area (Å²) in [6, 6.07) is 1.98. The van der Waals surface area contributed by atoms with Crippen molar-refractivity contribution in [2.24, 2.45) is 0 Å². The summed E-state index contributed by atoms with van der Waals surface area (Å²) in [5.41, 5.74) is 1.06. The van der Waals surface area contributed by atoms with E-state index in [1.807, 2.05) is 13.0 Å². The van der Waals surface area contributed by atoms with Gasteiger partial charge in [-0.2, -0.15) is 5.10 Å². The van der Waals surface area contributed by atoms with Gasteiger partial charge in [-0.3, -0.25) is 0 Å². The Bertz CT molecular complexity index is 299. The van der Waals surface area contributed by atoms with Gasteiger partial charge in [0.25, 0.3) is 0 Å². The van der Waals surface area contributed by atoms with Crippen LogP contribution in [-0.4, -0.2) is 21.6 Å². The molecular formula is C10H16ClN3. The van der Waals surface area contributed by atoms with Crippen molar-refractivity contribution in [1.29, 1.82) is 0 Å². The van der Waals surface area contributed by atoms with Gasteiger partial charge in [0, 0.05) is 11.4 Å². The number of hydrogen-bond donors (Lipinski definition) is 1. The zero-order chi connectivity index (χ0) is 10.6. The summed E-state index contributed by atoms with van der Waals surface area (Å²) in [4.78, 5) is 0. The largest absolute Gasteiger partial charge is 0.364 e. The maximum atomic E-state index is 5.71. The molecule has 0 aliphatic carbocycles. The van der Waals surface area contributed by atoms with Gasteiger partial charge in [0.1, 0.15) is 5.82 Å². The van der Waals surface area contributed by atoms with Crippen LogP contribution in [0.2, 0.25) is 0 Å². The van der Waals surface area contributed by atoms with Crippen LogP contribution in [-0.2, 0) is 0 Å². The highest BCUT2D eigenvalue weighted by molar-refractivity contribution is 6.17. The zero-order valence-electron chi connectivity index (χ0n) is 8.84. The first-order chi connectivity index (χ1) is 6.53. The number of rotatable bonds is 4. The van der Waals surface area contributed by atoms with Gasteiger partial charge in [-0.25, -0.2) is 0 Å². The zero-order valence-corrected chi connectivity index (χ0v) is 9.60. The summed E-state index contributed by atoms with van der Waals surface area (Å²) in [5.74, 6) is 1.44. The molecule has 0 saturated carbocycles. The molecule has 0 bridgehead atoms. The predicted octanol–water partition coefficient (Wildman–Crippen LogP) is 2.60. The molecule has 1 heterocycles. The molecule has 0 amide bonds. The molecule has 4 heteroatoms. The second-order valence-corrected chi connectivity index (χ2v) is 4.44. The van der Waals surface area contributed by atoms with Crippen molar-refractivity contribution in [3.8, 4) is 0 Å². The molecule has 0 saturated heterocycles. The van der Waals surface area contributed by atoms with Gasteiger partial charge in [-0.15, -0.1) is 16.7 Å². The Morgan fingerprint density at radius 2 is 2.21 bits per heavy atom. The average molecular weight is 214 g/mol. The number of alkyl halides is 1. The molecule has 1 aromatic rings. The van der Waals surface area contributed by atoms with Crippen LogP contribution in [0.3, 0.4) is 0 Å². The summed E-state index contributed by atoms with van der Waals surface area (Å²) < 4.78 is 0. The summed E-state index contributed by atoms with van der Waals surface area (Å²) in [6.45, 7) is 6.19. The molecule has 0 unspecified atom stereocenters. The molecule has 1 aromatic heterocycles. The fourth-order valence-electron chi connectivity index (χ4n) is 1.17. The number of nitrogens with zero attached hydrogens (tertiary/aromatic N) is 2. The van der Waals surface area contributed by atoms with Crippen molar-refractivity contribution in [3.63, 3.8) is 0 Å². The Labute approximate surface area is 89.9 Å². The molecule has 1 rings (SSSR count). The van der Waals surface area contributed by atoms with Gasteiger partial charge in [-0.1, -0.05) is 0 Å². The average Bonchev–Trinajstić information content (AvgIpc) is 2.02. The number of anilines is 1. The molecular weight excluding hydrogens is 198 g/mol. The second-order valence-electron chi connectivity index (χ2n) is 4.07. The van der Waals surface area contributed by atoms with E-state index in [4.69, 9.17) is 11.6 Å². The Hall–Kier alpha value is -0.830. The van der Waals surface area contributed by atoms with Crippen LogP contribution in [0.25, 0.3) is 0 Å². The minimum Gasteiger partial charge on any atom is -0.364 e. The third-order valence-electron chi connectivity index (χ3n) is 1.98. The lowest BCUT2D eigenvalue weighted by atomic mass is 10.0. The highest BCUT2D eigenvalue weighted by atomic mass is 35.5. The molecule has 1 N–H and O–H groups in total. The lowest BCUT2D eigenvalue weighted by Gasteiger charge is -2.25. The fraction of sp³-hybridized carbons (Fsp3) is 0.600. The van der Waals surface area contributed by atoms with E-state index in [0.29, 0.717) is 5.88 Å². The summed E-state index contributed by atoms with van der Waals surface area (Å²) in [5, 5.41) is 11.2. The second kappa shape index (κ2) is 4.60. The number of nitrogens with one attached hydrogen (secondary N) is 1. The van der Waals surface area contributed by atoms with Gasteiger partial charge in [0.05, 0.1) is 6.20 Å². The number of aryl methyl sites for hydroxylation is 1. The standard InChI is InChI=1S/C10H16ClN3/c1-8-6-9(14-12-7-8)13-10(2,3)4-5-11/h6-7H,4-5H2,1-3H3,(H,13,14). The third kappa shape index (κ3) is 3.50. The van der Waals surface area contributed by atoms with Crippen molar-refractivity contribution < 1.29 is 0 Å². The number of halogens is 1. The lowest BCUT2D eigenvalue weighted by Crippen LogP contribution is -2.31. The van der Waals surface area contributed by atoms with Crippen molar-refractivity contribution in [2.45, 2.75) is 32.7 Å². The Balaban J connectivity index is 2.68. The number of hydrogen-bond acceptors (Lipinski definition) is 3. The highest BCUT2D eigenvalue weighted by Crippen LogP contribution is 2.16. The van der Waals surface area contributed by atoms with Crippen LogP contribution in [0.1, 0.15) is 25.8 Å². The molecule has 14 heavy (non-hydrogen) atoms. The summed E-state index contributed by atoms with van der Waals surface area (Å²) in [7, 11) is 0. The molecule has 0 aliphatic heterocycles. The molecule has 0 fully saturated rings. The first kappa shape index (κ1) is 11.2. The maximum Gasteiger partial charge on any atom is 0.149 e. The van der Waals surface area contributed by atoms with Crippen LogP contribution < -0.4 is 5.32 Å². The molecule has 78 valence electrons. The molecule has 0 radical (unpaired) electrons. The first-order valence-corrected chi connectivity index (χ1v) is 5.20. The van der Waals surface area contributed by atoms with Crippen LogP contribution >= 0.6 is 11.6 Å². The Kier molecular flexibility index (Phi) is 3.69. The predicted molar refractivity (Wildman–Crippen MR) is 59.8 cm³/mol. The van der Waals surface area contributed by atoms with Crippen LogP contribution in [0.5, 0.6) is 0 Å². The molecule has 0 atom stereocenters. The van der Waals surface area contributed by atoms with Gasteiger partial charge in [0.15, 0.2) is 0 Å². The molecule has 0 aromatic carbocycles. The van der Waals surface area contributed by atoms with E-state index >= 15 is 0 Å². The van der Waals surface area contributed by atoms with Crippen LogP contribution in [0.4, 0.5) is 5.82 Å². The van der Waals surface area contributed by atoms with Crippen molar-refractivity contribution >= 4 is 17.4 Å². The normalized spacial score (nSPS) is 11.4.